The minimum Gasteiger partial charge on any atom is -0.382 e. The Morgan fingerprint density at radius 3 is 2.82 bits per heavy atom. The van der Waals surface area contributed by atoms with E-state index >= 15 is 0 Å². The summed E-state index contributed by atoms with van der Waals surface area (Å²) in [7, 11) is 0. The van der Waals surface area contributed by atoms with Crippen LogP contribution in [0.3, 0.4) is 0 Å². The van der Waals surface area contributed by atoms with Crippen LogP contribution in [0.5, 0.6) is 0 Å². The van der Waals surface area contributed by atoms with Gasteiger partial charge < -0.3 is 10.7 Å². The number of imidazole rings is 1. The molecule has 0 spiro atoms. The molecule has 0 aliphatic carbocycles. The first-order chi connectivity index (χ1) is 10.8. The van der Waals surface area contributed by atoms with Crippen molar-refractivity contribution in [1.82, 2.24) is 24.9 Å². The highest BCUT2D eigenvalue weighted by Gasteiger charge is 2.13. The Hall–Kier alpha value is -2.80. The average Bonchev–Trinajstić information content (AvgIpc) is 3.17. The van der Waals surface area contributed by atoms with Crippen LogP contribution in [0.25, 0.3) is 21.9 Å². The summed E-state index contributed by atoms with van der Waals surface area (Å²) in [5.74, 6) is 1.78. The zero-order valence-electron chi connectivity index (χ0n) is 11.5. The van der Waals surface area contributed by atoms with Gasteiger partial charge in [-0.05, 0) is 23.6 Å². The second-order valence-electron chi connectivity index (χ2n) is 4.79. The van der Waals surface area contributed by atoms with Crippen LogP contribution >= 0.6 is 11.3 Å². The molecule has 0 bridgehead atoms. The number of nitrogens with two attached hydrogens (primary N) is 1. The summed E-state index contributed by atoms with van der Waals surface area (Å²) >= 11 is 1.58. The van der Waals surface area contributed by atoms with Crippen molar-refractivity contribution in [3.05, 3.63) is 53.4 Å². The molecule has 7 heteroatoms. The van der Waals surface area contributed by atoms with Crippen LogP contribution in [0, 0.1) is 0 Å². The van der Waals surface area contributed by atoms with Crippen LogP contribution in [-0.2, 0) is 6.42 Å². The molecule has 0 radical (unpaired) electrons. The van der Waals surface area contributed by atoms with E-state index in [4.69, 9.17) is 5.73 Å². The summed E-state index contributed by atoms with van der Waals surface area (Å²) in [6.07, 6.45) is 2.37. The van der Waals surface area contributed by atoms with E-state index in [0.717, 1.165) is 16.4 Å². The number of nitrogens with zero attached hydrogens (tertiary/aromatic N) is 4. The molecular weight excluding hydrogens is 296 g/mol. The predicted molar refractivity (Wildman–Crippen MR) is 86.5 cm³/mol. The molecule has 3 N–H and O–H groups in total. The number of aromatic amines is 1. The van der Waals surface area contributed by atoms with E-state index in [0.29, 0.717) is 29.2 Å². The summed E-state index contributed by atoms with van der Waals surface area (Å²) in [6.45, 7) is 0. The van der Waals surface area contributed by atoms with Crippen LogP contribution < -0.4 is 5.73 Å². The van der Waals surface area contributed by atoms with E-state index in [1.54, 1.807) is 17.5 Å². The van der Waals surface area contributed by atoms with Gasteiger partial charge in [-0.15, -0.1) is 11.3 Å². The Morgan fingerprint density at radius 2 is 2.05 bits per heavy atom. The zero-order valence-corrected chi connectivity index (χ0v) is 12.3. The highest BCUT2D eigenvalue weighted by Crippen LogP contribution is 2.25. The molecule has 0 saturated carbocycles. The molecule has 4 aromatic heterocycles. The Kier molecular flexibility index (Phi) is 3.05. The van der Waals surface area contributed by atoms with E-state index < -0.39 is 0 Å². The molecule has 0 aliphatic heterocycles. The third-order valence-corrected chi connectivity index (χ3v) is 4.10. The largest absolute Gasteiger partial charge is 0.382 e. The molecule has 22 heavy (non-hydrogen) atoms. The van der Waals surface area contributed by atoms with E-state index in [1.807, 2.05) is 35.7 Å². The molecule has 0 amide bonds. The van der Waals surface area contributed by atoms with Crippen LogP contribution in [0.2, 0.25) is 0 Å². The van der Waals surface area contributed by atoms with Crippen molar-refractivity contribution in [2.75, 3.05) is 5.73 Å². The van der Waals surface area contributed by atoms with Gasteiger partial charge in [-0.3, -0.25) is 4.98 Å². The Bertz CT molecular complexity index is 914. The molecule has 0 aromatic carbocycles. The number of fused-ring (bicyclic) bond motifs is 1. The highest BCUT2D eigenvalue weighted by atomic mass is 32.1. The number of H-pyrrole nitrogens is 1. The molecular formula is C15H12N6S. The van der Waals surface area contributed by atoms with Crippen LogP contribution in [0.15, 0.2) is 41.9 Å². The number of aromatic nitrogens is 5. The fourth-order valence-electron chi connectivity index (χ4n) is 2.24. The SMILES string of the molecule is Nc1nc(-c2cccs2)nc2[nH]c(Cc3ccccn3)nc12. The van der Waals surface area contributed by atoms with Crippen LogP contribution in [0.4, 0.5) is 5.82 Å². The number of anilines is 1. The topological polar surface area (TPSA) is 93.4 Å². The van der Waals surface area contributed by atoms with Gasteiger partial charge in [0.25, 0.3) is 0 Å². The standard InChI is InChI=1S/C15H12N6S/c16-13-12-15(21-14(20-13)10-5-3-7-22-10)19-11(18-12)8-9-4-1-2-6-17-9/h1-7H,8H2,(H3,16,18,19,20,21). The molecule has 4 aromatic rings. The van der Waals surface area contributed by atoms with Gasteiger partial charge in [-0.25, -0.2) is 15.0 Å². The molecule has 0 atom stereocenters. The second-order valence-corrected chi connectivity index (χ2v) is 5.74. The fraction of sp³-hybridized carbons (Fsp3) is 0.0667. The van der Waals surface area contributed by atoms with Gasteiger partial charge >= 0.3 is 0 Å². The van der Waals surface area contributed by atoms with Crippen molar-refractivity contribution in [2.45, 2.75) is 6.42 Å². The summed E-state index contributed by atoms with van der Waals surface area (Å²) in [6, 6.07) is 9.73. The van der Waals surface area contributed by atoms with Crippen molar-refractivity contribution in [3.63, 3.8) is 0 Å². The Morgan fingerprint density at radius 1 is 1.09 bits per heavy atom. The maximum atomic E-state index is 6.03. The minimum atomic E-state index is 0.386. The summed E-state index contributed by atoms with van der Waals surface area (Å²) in [4.78, 5) is 21.8. The highest BCUT2D eigenvalue weighted by molar-refractivity contribution is 7.13. The number of thiophene rings is 1. The molecule has 0 aliphatic rings. The van der Waals surface area contributed by atoms with Crippen LogP contribution in [-0.4, -0.2) is 24.9 Å². The summed E-state index contributed by atoms with van der Waals surface area (Å²) < 4.78 is 0. The lowest BCUT2D eigenvalue weighted by molar-refractivity contribution is 0.983. The van der Waals surface area contributed by atoms with Crippen molar-refractivity contribution in [2.24, 2.45) is 0 Å². The number of hydrogen-bond donors (Lipinski definition) is 2. The van der Waals surface area contributed by atoms with Gasteiger partial charge in [0.1, 0.15) is 11.3 Å². The quantitative estimate of drug-likeness (QED) is 0.607. The lowest BCUT2D eigenvalue weighted by atomic mass is 10.3. The normalized spacial score (nSPS) is 11.1. The van der Waals surface area contributed by atoms with E-state index in [-0.39, 0.29) is 0 Å². The molecule has 0 fully saturated rings. The number of rotatable bonds is 3. The monoisotopic (exact) mass is 308 g/mol. The van der Waals surface area contributed by atoms with Crippen molar-refractivity contribution in [3.8, 4) is 10.7 Å². The molecule has 0 unspecified atom stereocenters. The molecule has 6 nitrogen and oxygen atoms in total. The summed E-state index contributed by atoms with van der Waals surface area (Å²) in [5.41, 5.74) is 8.22. The Balaban J connectivity index is 1.76. The van der Waals surface area contributed by atoms with Crippen molar-refractivity contribution < 1.29 is 0 Å². The van der Waals surface area contributed by atoms with E-state index in [2.05, 4.69) is 24.9 Å². The van der Waals surface area contributed by atoms with Gasteiger partial charge in [-0.1, -0.05) is 12.1 Å². The lowest BCUT2D eigenvalue weighted by Gasteiger charge is -1.98. The zero-order chi connectivity index (χ0) is 14.9. The first kappa shape index (κ1) is 12.9. The van der Waals surface area contributed by atoms with Crippen molar-refractivity contribution >= 4 is 28.3 Å². The van der Waals surface area contributed by atoms with Gasteiger partial charge in [-0.2, -0.15) is 0 Å². The number of nitrogens with one attached hydrogen (secondary N) is 1. The average molecular weight is 308 g/mol. The van der Waals surface area contributed by atoms with Crippen molar-refractivity contribution in [1.29, 1.82) is 0 Å². The second kappa shape index (κ2) is 5.19. The van der Waals surface area contributed by atoms with Gasteiger partial charge in [0.15, 0.2) is 17.3 Å². The first-order valence-electron chi connectivity index (χ1n) is 6.75. The minimum absolute atomic E-state index is 0.386. The number of nitrogen functional groups attached to an aromatic ring is 1. The molecule has 4 heterocycles. The predicted octanol–water partition coefficient (Wildman–Crippen LogP) is 2.65. The molecule has 4 rings (SSSR count). The first-order valence-corrected chi connectivity index (χ1v) is 7.63. The third-order valence-electron chi connectivity index (χ3n) is 3.24. The Labute approximate surface area is 130 Å². The maximum Gasteiger partial charge on any atom is 0.173 e. The smallest absolute Gasteiger partial charge is 0.173 e. The fourth-order valence-corrected chi connectivity index (χ4v) is 2.90. The summed E-state index contributed by atoms with van der Waals surface area (Å²) in [5, 5.41) is 1.98. The maximum absolute atomic E-state index is 6.03. The lowest BCUT2D eigenvalue weighted by Crippen LogP contribution is -1.96. The van der Waals surface area contributed by atoms with E-state index in [9.17, 15) is 0 Å². The van der Waals surface area contributed by atoms with Gasteiger partial charge in [0.05, 0.1) is 4.88 Å². The molecule has 108 valence electrons. The number of hydrogen-bond acceptors (Lipinski definition) is 6. The van der Waals surface area contributed by atoms with Crippen LogP contribution in [0.1, 0.15) is 11.5 Å². The van der Waals surface area contributed by atoms with Gasteiger partial charge in [0, 0.05) is 18.3 Å². The van der Waals surface area contributed by atoms with Gasteiger partial charge in [0.2, 0.25) is 0 Å². The third kappa shape index (κ3) is 2.31. The number of pyridine rings is 1. The van der Waals surface area contributed by atoms with E-state index in [1.165, 1.54) is 0 Å². The molecule has 0 saturated heterocycles.